The van der Waals surface area contributed by atoms with Crippen LogP contribution in [-0.2, 0) is 17.6 Å². The lowest BCUT2D eigenvalue weighted by molar-refractivity contribution is -0.115. The van der Waals surface area contributed by atoms with Crippen LogP contribution in [0, 0.1) is 0 Å². The third-order valence-corrected chi connectivity index (χ3v) is 3.05. The quantitative estimate of drug-likeness (QED) is 0.840. The zero-order valence-electron chi connectivity index (χ0n) is 13.4. The molecule has 1 aliphatic heterocycles. The molecule has 3 rings (SSSR count). The largest absolute Gasteiger partial charge is 0.326 e. The molecule has 0 unspecified atom stereocenters. The second kappa shape index (κ2) is 8.96. The smallest absolute Gasteiger partial charge is 0.228 e. The molecule has 1 N–H and O–H groups in total. The van der Waals surface area contributed by atoms with Crippen LogP contribution in [0.3, 0.4) is 0 Å². The van der Waals surface area contributed by atoms with E-state index >= 15 is 0 Å². The predicted molar refractivity (Wildman–Crippen MR) is 90.7 cm³/mol. The molecule has 2 aromatic carbocycles. The highest BCUT2D eigenvalue weighted by Crippen LogP contribution is 2.24. The summed E-state index contributed by atoms with van der Waals surface area (Å²) in [6, 6.07) is 16.6. The molecule has 0 fully saturated rings. The highest BCUT2D eigenvalue weighted by atomic mass is 16.1. The molecule has 0 aromatic heterocycles. The molecule has 2 heteroatoms. The Bertz CT molecular complexity index is 561. The molecule has 0 saturated heterocycles. The van der Waals surface area contributed by atoms with Crippen molar-refractivity contribution in [2.24, 2.45) is 0 Å². The summed E-state index contributed by atoms with van der Waals surface area (Å²) >= 11 is 0. The minimum atomic E-state index is 0.0943. The summed E-state index contributed by atoms with van der Waals surface area (Å²) < 4.78 is 0. The Kier molecular flexibility index (Phi) is 7.24. The average Bonchev–Trinajstić information content (AvgIpc) is 2.92. The molecule has 1 amide bonds. The number of fused-ring (bicyclic) bond motifs is 1. The lowest BCUT2D eigenvalue weighted by Crippen LogP contribution is -2.03. The Morgan fingerprint density at radius 2 is 1.57 bits per heavy atom. The van der Waals surface area contributed by atoms with Gasteiger partial charge in [0, 0.05) is 5.69 Å². The van der Waals surface area contributed by atoms with Crippen LogP contribution in [0.15, 0.2) is 48.5 Å². The summed E-state index contributed by atoms with van der Waals surface area (Å²) in [4.78, 5) is 11.3. The van der Waals surface area contributed by atoms with E-state index in [-0.39, 0.29) is 5.91 Å². The summed E-state index contributed by atoms with van der Waals surface area (Å²) in [5, 5.41) is 2.85. The zero-order chi connectivity index (χ0) is 15.7. The fraction of sp³-hybridized carbons (Fsp3) is 0.316. The van der Waals surface area contributed by atoms with Crippen LogP contribution in [0.5, 0.6) is 0 Å². The number of amides is 1. The Balaban J connectivity index is 0.000000510. The van der Waals surface area contributed by atoms with Crippen molar-refractivity contribution in [3.8, 4) is 0 Å². The van der Waals surface area contributed by atoms with Crippen molar-refractivity contribution in [2.45, 2.75) is 40.5 Å². The molecule has 0 atom stereocenters. The summed E-state index contributed by atoms with van der Waals surface area (Å²) in [6.07, 6.45) is 1.43. The number of rotatable bonds is 2. The van der Waals surface area contributed by atoms with Gasteiger partial charge in [-0.1, -0.05) is 70.2 Å². The van der Waals surface area contributed by atoms with E-state index in [9.17, 15) is 4.79 Å². The topological polar surface area (TPSA) is 29.1 Å². The molecular weight excluding hydrogens is 258 g/mol. The van der Waals surface area contributed by atoms with Crippen LogP contribution in [-0.4, -0.2) is 5.91 Å². The number of carbonyl (C=O) groups excluding carboxylic acids is 1. The fourth-order valence-corrected chi connectivity index (χ4v) is 2.22. The van der Waals surface area contributed by atoms with E-state index in [4.69, 9.17) is 0 Å². The van der Waals surface area contributed by atoms with Crippen LogP contribution < -0.4 is 5.32 Å². The van der Waals surface area contributed by atoms with Gasteiger partial charge in [0.15, 0.2) is 0 Å². The second-order valence-electron chi connectivity index (χ2n) is 4.38. The van der Waals surface area contributed by atoms with Gasteiger partial charge in [-0.2, -0.15) is 0 Å². The van der Waals surface area contributed by atoms with Gasteiger partial charge in [0.05, 0.1) is 6.42 Å². The molecule has 0 saturated carbocycles. The van der Waals surface area contributed by atoms with Gasteiger partial charge in [0.1, 0.15) is 0 Å². The van der Waals surface area contributed by atoms with Crippen LogP contribution >= 0.6 is 0 Å². The van der Waals surface area contributed by atoms with Crippen molar-refractivity contribution >= 4 is 11.6 Å². The zero-order valence-corrected chi connectivity index (χ0v) is 13.4. The number of benzene rings is 2. The highest BCUT2D eigenvalue weighted by Gasteiger charge is 2.17. The van der Waals surface area contributed by atoms with E-state index in [0.29, 0.717) is 6.42 Å². The first-order chi connectivity index (χ1) is 10.3. The molecule has 21 heavy (non-hydrogen) atoms. The molecule has 2 aromatic rings. The predicted octanol–water partition coefficient (Wildman–Crippen LogP) is 4.82. The van der Waals surface area contributed by atoms with E-state index < -0.39 is 0 Å². The summed E-state index contributed by atoms with van der Waals surface area (Å²) in [6.45, 7) is 8.00. The van der Waals surface area contributed by atoms with Crippen molar-refractivity contribution in [3.05, 3.63) is 65.2 Å². The van der Waals surface area contributed by atoms with Crippen molar-refractivity contribution in [1.29, 1.82) is 0 Å². The van der Waals surface area contributed by atoms with Crippen LogP contribution in [0.25, 0.3) is 0 Å². The van der Waals surface area contributed by atoms with Gasteiger partial charge in [-0.05, 0) is 29.2 Å². The summed E-state index contributed by atoms with van der Waals surface area (Å²) in [7, 11) is 0. The maximum absolute atomic E-state index is 11.3. The molecular formula is C19H25NO. The van der Waals surface area contributed by atoms with E-state index in [1.165, 1.54) is 11.1 Å². The lowest BCUT2D eigenvalue weighted by atomic mass is 10.0. The maximum atomic E-state index is 11.3. The minimum Gasteiger partial charge on any atom is -0.326 e. The molecule has 0 radical (unpaired) electrons. The number of hydrogen-bond acceptors (Lipinski definition) is 1. The normalized spacial score (nSPS) is 11.3. The molecule has 112 valence electrons. The van der Waals surface area contributed by atoms with Gasteiger partial charge in [0.25, 0.3) is 0 Å². The van der Waals surface area contributed by atoms with Gasteiger partial charge in [-0.3, -0.25) is 4.79 Å². The third-order valence-electron chi connectivity index (χ3n) is 3.05. The fourth-order valence-electron chi connectivity index (χ4n) is 2.22. The molecule has 1 heterocycles. The third kappa shape index (κ3) is 4.75. The van der Waals surface area contributed by atoms with Gasteiger partial charge in [0.2, 0.25) is 5.91 Å². The minimum absolute atomic E-state index is 0.0943. The van der Waals surface area contributed by atoms with Gasteiger partial charge in [-0.15, -0.1) is 0 Å². The van der Waals surface area contributed by atoms with Crippen LogP contribution in [0.2, 0.25) is 0 Å². The highest BCUT2D eigenvalue weighted by molar-refractivity contribution is 5.99. The van der Waals surface area contributed by atoms with Gasteiger partial charge < -0.3 is 5.32 Å². The maximum Gasteiger partial charge on any atom is 0.228 e. The Morgan fingerprint density at radius 1 is 0.905 bits per heavy atom. The summed E-state index contributed by atoms with van der Waals surface area (Å²) in [5.74, 6) is 0.0943. The average molecular weight is 283 g/mol. The van der Waals surface area contributed by atoms with Crippen molar-refractivity contribution in [1.82, 2.24) is 0 Å². The molecule has 2 nitrogen and oxygen atoms in total. The number of carbonyl (C=O) groups is 1. The standard InChI is InChI=1S/C15H13NO.2C2H6/c17-15-10-13-9-12(6-7-14(13)16-15)8-11-4-2-1-3-5-11;2*1-2/h1-7,9H,8,10H2,(H,16,17);2*1-2H3. The van der Waals surface area contributed by atoms with Gasteiger partial charge >= 0.3 is 0 Å². The van der Waals surface area contributed by atoms with Gasteiger partial charge in [-0.25, -0.2) is 0 Å². The monoisotopic (exact) mass is 283 g/mol. The lowest BCUT2D eigenvalue weighted by Gasteiger charge is -2.04. The number of anilines is 1. The Labute approximate surface area is 128 Å². The SMILES string of the molecule is CC.CC.O=C1Cc2cc(Cc3ccccc3)ccc2N1. The van der Waals surface area contributed by atoms with Crippen molar-refractivity contribution < 1.29 is 4.79 Å². The Hall–Kier alpha value is -2.09. The molecule has 1 aliphatic rings. The molecule has 0 aliphatic carbocycles. The second-order valence-corrected chi connectivity index (χ2v) is 4.38. The van der Waals surface area contributed by atoms with E-state index in [0.717, 1.165) is 17.7 Å². The first kappa shape index (κ1) is 17.0. The first-order valence-corrected chi connectivity index (χ1v) is 7.77. The molecule has 0 spiro atoms. The Morgan fingerprint density at radius 3 is 2.24 bits per heavy atom. The van der Waals surface area contributed by atoms with E-state index in [2.05, 4.69) is 29.6 Å². The van der Waals surface area contributed by atoms with Crippen molar-refractivity contribution in [2.75, 3.05) is 5.32 Å². The first-order valence-electron chi connectivity index (χ1n) is 7.77. The number of nitrogens with one attached hydrogen (secondary N) is 1. The van der Waals surface area contributed by atoms with Crippen LogP contribution in [0.1, 0.15) is 44.4 Å². The van der Waals surface area contributed by atoms with E-state index in [1.54, 1.807) is 0 Å². The van der Waals surface area contributed by atoms with E-state index in [1.807, 2.05) is 52.0 Å². The van der Waals surface area contributed by atoms with Crippen molar-refractivity contribution in [3.63, 3.8) is 0 Å². The van der Waals surface area contributed by atoms with Crippen LogP contribution in [0.4, 0.5) is 5.69 Å². The summed E-state index contributed by atoms with van der Waals surface area (Å²) in [5.41, 5.74) is 4.63. The number of hydrogen-bond donors (Lipinski definition) is 1. The molecule has 0 bridgehead atoms.